The number of carbonyl (C=O) groups excluding carboxylic acids is 1. The lowest BCUT2D eigenvalue weighted by atomic mass is 10.1. The van der Waals surface area contributed by atoms with Crippen molar-refractivity contribution in [3.8, 4) is 0 Å². The van der Waals surface area contributed by atoms with Gasteiger partial charge in [-0.05, 0) is 25.0 Å². The maximum Gasteiger partial charge on any atom is 0.343 e. The Morgan fingerprint density at radius 1 is 1.10 bits per heavy atom. The van der Waals surface area contributed by atoms with E-state index < -0.39 is 6.04 Å². The third-order valence-electron chi connectivity index (χ3n) is 3.98. The summed E-state index contributed by atoms with van der Waals surface area (Å²) in [5.41, 5.74) is 0.830. The minimum atomic E-state index is -0.580. The van der Waals surface area contributed by atoms with Gasteiger partial charge >= 0.3 is 5.97 Å². The predicted molar refractivity (Wildman–Crippen MR) is 82.8 cm³/mol. The molecule has 0 bridgehead atoms. The second-order valence-electron chi connectivity index (χ2n) is 5.61. The molecule has 1 aromatic rings. The lowest BCUT2D eigenvalue weighted by molar-refractivity contribution is -0.133. The van der Waals surface area contributed by atoms with Crippen LogP contribution in [0.15, 0.2) is 40.3 Å². The summed E-state index contributed by atoms with van der Waals surface area (Å²) in [4.78, 5) is 20.8. The molecule has 110 valence electrons. The summed E-state index contributed by atoms with van der Waals surface area (Å²) in [5, 5.41) is 0. The van der Waals surface area contributed by atoms with Crippen LogP contribution in [0.5, 0.6) is 0 Å². The van der Waals surface area contributed by atoms with Crippen LogP contribution in [0, 0.1) is 0 Å². The van der Waals surface area contributed by atoms with E-state index in [1.165, 1.54) is 25.7 Å². The summed E-state index contributed by atoms with van der Waals surface area (Å²) < 4.78 is 5.24. The van der Waals surface area contributed by atoms with Crippen molar-refractivity contribution < 1.29 is 9.53 Å². The molecule has 0 amide bonds. The first-order chi connectivity index (χ1) is 10.3. The Bertz CT molecular complexity index is 543. The van der Waals surface area contributed by atoms with Crippen molar-refractivity contribution in [1.82, 2.24) is 0 Å². The maximum atomic E-state index is 11.9. The van der Waals surface area contributed by atoms with E-state index in [4.69, 9.17) is 4.74 Å². The summed E-state index contributed by atoms with van der Waals surface area (Å²) in [6.45, 7) is 0. The Kier molecular flexibility index (Phi) is 4.43. The summed E-state index contributed by atoms with van der Waals surface area (Å²) in [6.07, 6.45) is 8.97. The number of hydrogen-bond acceptors (Lipinski definition) is 4. The average Bonchev–Trinajstić information content (AvgIpc) is 2.73. The molecule has 0 radical (unpaired) electrons. The zero-order valence-electron chi connectivity index (χ0n) is 12.1. The number of nitrogens with zero attached hydrogens (tertiary/aromatic N) is 2. The van der Waals surface area contributed by atoms with Gasteiger partial charge in [-0.1, -0.05) is 43.9 Å². The van der Waals surface area contributed by atoms with Crippen LogP contribution in [0.1, 0.15) is 44.1 Å². The molecule has 1 aliphatic heterocycles. The first kappa shape index (κ1) is 14.0. The minimum Gasteiger partial charge on any atom is -0.405 e. The highest BCUT2D eigenvalue weighted by atomic mass is 16.6. The third kappa shape index (κ3) is 3.57. The summed E-state index contributed by atoms with van der Waals surface area (Å²) in [6, 6.07) is 9.26. The van der Waals surface area contributed by atoms with Crippen LogP contribution < -0.4 is 0 Å². The Balaban J connectivity index is 1.67. The molecule has 4 heteroatoms. The SMILES string of the molecule is O=C1OC(c2ccccc2)=N[C@@H]1C=NC1CCCCCC1. The predicted octanol–water partition coefficient (Wildman–Crippen LogP) is 3.15. The van der Waals surface area contributed by atoms with Crippen molar-refractivity contribution >= 4 is 18.1 Å². The Labute approximate surface area is 124 Å². The minimum absolute atomic E-state index is 0.328. The fraction of sp³-hybridized carbons (Fsp3) is 0.471. The summed E-state index contributed by atoms with van der Waals surface area (Å²) in [7, 11) is 0. The topological polar surface area (TPSA) is 51.0 Å². The number of aliphatic imine (C=N–C) groups is 2. The number of cyclic esters (lactones) is 1. The van der Waals surface area contributed by atoms with Crippen molar-refractivity contribution in [2.75, 3.05) is 0 Å². The van der Waals surface area contributed by atoms with E-state index in [2.05, 4.69) is 9.98 Å². The first-order valence-electron chi connectivity index (χ1n) is 7.71. The smallest absolute Gasteiger partial charge is 0.343 e. The van der Waals surface area contributed by atoms with Crippen LogP contribution >= 0.6 is 0 Å². The molecular formula is C17H20N2O2. The molecule has 0 saturated heterocycles. The van der Waals surface area contributed by atoms with Crippen LogP contribution in [0.25, 0.3) is 0 Å². The molecular weight excluding hydrogens is 264 g/mol. The number of hydrogen-bond donors (Lipinski definition) is 0. The monoisotopic (exact) mass is 284 g/mol. The van der Waals surface area contributed by atoms with Gasteiger partial charge in [-0.25, -0.2) is 9.79 Å². The number of ether oxygens (including phenoxy) is 1. The molecule has 1 aromatic carbocycles. The van der Waals surface area contributed by atoms with Gasteiger partial charge in [0.15, 0.2) is 6.04 Å². The van der Waals surface area contributed by atoms with Gasteiger partial charge < -0.3 is 4.74 Å². The molecule has 1 fully saturated rings. The zero-order chi connectivity index (χ0) is 14.5. The van der Waals surface area contributed by atoms with Gasteiger partial charge in [-0.2, -0.15) is 0 Å². The van der Waals surface area contributed by atoms with Gasteiger partial charge in [0, 0.05) is 17.8 Å². The van der Waals surface area contributed by atoms with E-state index in [1.54, 1.807) is 6.21 Å². The summed E-state index contributed by atoms with van der Waals surface area (Å²) >= 11 is 0. The van der Waals surface area contributed by atoms with Crippen LogP contribution in [-0.2, 0) is 9.53 Å². The molecule has 2 aliphatic rings. The van der Waals surface area contributed by atoms with Gasteiger partial charge in [0.1, 0.15) is 0 Å². The molecule has 1 saturated carbocycles. The van der Waals surface area contributed by atoms with Crippen LogP contribution in [0.2, 0.25) is 0 Å². The molecule has 3 rings (SSSR count). The number of esters is 1. The zero-order valence-corrected chi connectivity index (χ0v) is 12.1. The first-order valence-corrected chi connectivity index (χ1v) is 7.71. The second kappa shape index (κ2) is 6.66. The molecule has 1 aliphatic carbocycles. The molecule has 0 aromatic heterocycles. The van der Waals surface area contributed by atoms with E-state index in [9.17, 15) is 4.79 Å². The largest absolute Gasteiger partial charge is 0.405 e. The third-order valence-corrected chi connectivity index (χ3v) is 3.98. The van der Waals surface area contributed by atoms with Crippen molar-refractivity contribution in [2.45, 2.75) is 50.6 Å². The van der Waals surface area contributed by atoms with Crippen molar-refractivity contribution in [3.05, 3.63) is 35.9 Å². The molecule has 1 heterocycles. The number of rotatable bonds is 3. The molecule has 0 unspecified atom stereocenters. The van der Waals surface area contributed by atoms with E-state index in [-0.39, 0.29) is 5.97 Å². The van der Waals surface area contributed by atoms with E-state index >= 15 is 0 Å². The fourth-order valence-electron chi connectivity index (χ4n) is 2.78. The Hall–Kier alpha value is -1.97. The lowest BCUT2D eigenvalue weighted by Crippen LogP contribution is -2.18. The van der Waals surface area contributed by atoms with E-state index in [0.29, 0.717) is 11.9 Å². The quantitative estimate of drug-likeness (QED) is 0.486. The molecule has 4 nitrogen and oxygen atoms in total. The normalized spacial score (nSPS) is 23.9. The molecule has 0 spiro atoms. The van der Waals surface area contributed by atoms with Gasteiger partial charge in [-0.15, -0.1) is 0 Å². The molecule has 0 N–H and O–H groups in total. The van der Waals surface area contributed by atoms with E-state index in [1.807, 2.05) is 30.3 Å². The Morgan fingerprint density at radius 3 is 2.52 bits per heavy atom. The van der Waals surface area contributed by atoms with Gasteiger partial charge in [-0.3, -0.25) is 4.99 Å². The fourth-order valence-corrected chi connectivity index (χ4v) is 2.78. The highest BCUT2D eigenvalue weighted by Crippen LogP contribution is 2.20. The van der Waals surface area contributed by atoms with Gasteiger partial charge in [0.05, 0.1) is 0 Å². The molecule has 1 atom stereocenters. The second-order valence-corrected chi connectivity index (χ2v) is 5.61. The highest BCUT2D eigenvalue weighted by molar-refractivity contribution is 6.11. The Morgan fingerprint density at radius 2 is 1.81 bits per heavy atom. The van der Waals surface area contributed by atoms with Crippen molar-refractivity contribution in [3.63, 3.8) is 0 Å². The van der Waals surface area contributed by atoms with Crippen LogP contribution in [0.3, 0.4) is 0 Å². The maximum absolute atomic E-state index is 11.9. The number of benzene rings is 1. The van der Waals surface area contributed by atoms with Crippen molar-refractivity contribution in [1.29, 1.82) is 0 Å². The average molecular weight is 284 g/mol. The van der Waals surface area contributed by atoms with Gasteiger partial charge in [0.2, 0.25) is 5.90 Å². The van der Waals surface area contributed by atoms with Gasteiger partial charge in [0.25, 0.3) is 0 Å². The van der Waals surface area contributed by atoms with Crippen LogP contribution in [0.4, 0.5) is 0 Å². The van der Waals surface area contributed by atoms with Crippen LogP contribution in [-0.4, -0.2) is 30.2 Å². The van der Waals surface area contributed by atoms with Crippen molar-refractivity contribution in [2.24, 2.45) is 9.98 Å². The number of carbonyl (C=O) groups is 1. The molecule has 21 heavy (non-hydrogen) atoms. The highest BCUT2D eigenvalue weighted by Gasteiger charge is 2.28. The lowest BCUT2D eigenvalue weighted by Gasteiger charge is -2.07. The van der Waals surface area contributed by atoms with E-state index in [0.717, 1.165) is 18.4 Å². The summed E-state index contributed by atoms with van der Waals surface area (Å²) in [5.74, 6) is 0.0733. The standard InChI is InChI=1S/C17H20N2O2/c20-17-15(12-18-14-10-6-1-2-7-11-14)19-16(21-17)13-8-4-3-5-9-13/h3-5,8-9,12,14-15H,1-2,6-7,10-11H2/t15-/m1/s1.